The van der Waals surface area contributed by atoms with Gasteiger partial charge in [-0.3, -0.25) is 9.36 Å². The minimum atomic E-state index is -0.830. The average Bonchev–Trinajstić information content (AvgIpc) is 3.67. The molecular weight excluding hydrogens is 684 g/mol. The van der Waals surface area contributed by atoms with Gasteiger partial charge in [-0.25, -0.2) is 9.79 Å². The largest absolute Gasteiger partial charge is 0.493 e. The van der Waals surface area contributed by atoms with Crippen LogP contribution in [0.5, 0.6) is 34.5 Å². The van der Waals surface area contributed by atoms with E-state index in [1.165, 1.54) is 15.9 Å². The average molecular weight is 721 g/mol. The van der Waals surface area contributed by atoms with E-state index in [1.54, 1.807) is 51.3 Å². The number of ether oxygens (including phenoxy) is 7. The monoisotopic (exact) mass is 720 g/mol. The van der Waals surface area contributed by atoms with Crippen LogP contribution in [0.15, 0.2) is 69.6 Å². The van der Waals surface area contributed by atoms with Gasteiger partial charge in [0.15, 0.2) is 39.3 Å². The lowest BCUT2D eigenvalue weighted by atomic mass is 9.95. The second-order valence-electron chi connectivity index (χ2n) is 11.6. The fourth-order valence-electron chi connectivity index (χ4n) is 5.72. The fourth-order valence-corrected chi connectivity index (χ4v) is 7.04. The molecule has 0 saturated carbocycles. The van der Waals surface area contributed by atoms with Crippen LogP contribution in [-0.4, -0.2) is 43.8 Å². The van der Waals surface area contributed by atoms with Gasteiger partial charge >= 0.3 is 5.97 Å². The van der Waals surface area contributed by atoms with Crippen molar-refractivity contribution in [1.29, 1.82) is 0 Å². The summed E-state index contributed by atoms with van der Waals surface area (Å²) in [6.45, 7) is 10.1. The summed E-state index contributed by atoms with van der Waals surface area (Å²) in [4.78, 5) is 32.7. The summed E-state index contributed by atoms with van der Waals surface area (Å²) in [5.74, 6) is 2.59. The molecule has 0 unspecified atom stereocenters. The maximum atomic E-state index is 14.2. The Balaban J connectivity index is 1.40. The van der Waals surface area contributed by atoms with Crippen LogP contribution in [-0.2, 0) is 16.1 Å². The van der Waals surface area contributed by atoms with Crippen LogP contribution in [0.4, 0.5) is 0 Å². The summed E-state index contributed by atoms with van der Waals surface area (Å²) in [6.07, 6.45) is 1.64. The summed E-state index contributed by atoms with van der Waals surface area (Å²) < 4.78 is 41.8. The zero-order valence-corrected chi connectivity index (χ0v) is 30.1. The van der Waals surface area contributed by atoms with E-state index < -0.39 is 12.0 Å². The van der Waals surface area contributed by atoms with Crippen molar-refractivity contribution in [2.75, 3.05) is 27.1 Å². The lowest BCUT2D eigenvalue weighted by molar-refractivity contribution is -0.139. The number of nitrogens with zero attached hydrogens (tertiary/aromatic N) is 2. The summed E-state index contributed by atoms with van der Waals surface area (Å²) in [5.41, 5.74) is 2.49. The van der Waals surface area contributed by atoms with Crippen molar-refractivity contribution in [2.24, 2.45) is 4.99 Å². The van der Waals surface area contributed by atoms with Gasteiger partial charge in [-0.2, -0.15) is 0 Å². The number of allylic oxidation sites excluding steroid dienone is 1. The van der Waals surface area contributed by atoms with Crippen LogP contribution in [0.3, 0.4) is 0 Å². The molecule has 0 fully saturated rings. The number of hydrogen-bond donors (Lipinski definition) is 0. The first-order valence-electron chi connectivity index (χ1n) is 16.1. The van der Waals surface area contributed by atoms with Crippen LogP contribution in [0, 0.1) is 0 Å². The molecule has 0 aliphatic carbocycles. The normalized spacial score (nSPS) is 15.1. The molecule has 0 radical (unpaired) electrons. The Labute approximate surface area is 297 Å². The Hall–Kier alpha value is -4.94. The molecule has 3 heterocycles. The van der Waals surface area contributed by atoms with Gasteiger partial charge in [0.2, 0.25) is 6.79 Å². The van der Waals surface area contributed by atoms with E-state index in [4.69, 9.17) is 44.8 Å². The Kier molecular flexibility index (Phi) is 10.4. The highest BCUT2D eigenvalue weighted by Crippen LogP contribution is 2.39. The number of esters is 1. The van der Waals surface area contributed by atoms with Gasteiger partial charge in [-0.15, -0.1) is 0 Å². The molecule has 0 saturated heterocycles. The molecule has 2 aliphatic rings. The smallest absolute Gasteiger partial charge is 0.338 e. The summed E-state index contributed by atoms with van der Waals surface area (Å²) >= 11 is 7.97. The molecule has 0 spiro atoms. The molecule has 1 aromatic heterocycles. The number of carbonyl (C=O) groups excluding carboxylic acids is 1. The number of thiazole rings is 1. The maximum absolute atomic E-state index is 14.2. The van der Waals surface area contributed by atoms with E-state index in [1.807, 2.05) is 45.0 Å². The molecule has 13 heteroatoms. The van der Waals surface area contributed by atoms with Crippen molar-refractivity contribution in [2.45, 2.75) is 53.4 Å². The predicted octanol–water partition coefficient (Wildman–Crippen LogP) is 5.95. The van der Waals surface area contributed by atoms with Crippen molar-refractivity contribution < 1.29 is 38.0 Å². The van der Waals surface area contributed by atoms with Crippen LogP contribution < -0.4 is 43.3 Å². The van der Waals surface area contributed by atoms with Crippen molar-refractivity contribution in [1.82, 2.24) is 4.57 Å². The van der Waals surface area contributed by atoms with Gasteiger partial charge in [0.1, 0.15) is 6.61 Å². The third-order valence-electron chi connectivity index (χ3n) is 7.83. The van der Waals surface area contributed by atoms with Crippen LogP contribution in [0.2, 0.25) is 5.02 Å². The van der Waals surface area contributed by atoms with Gasteiger partial charge in [-0.1, -0.05) is 35.1 Å². The highest BCUT2D eigenvalue weighted by Gasteiger charge is 2.34. The van der Waals surface area contributed by atoms with E-state index in [0.29, 0.717) is 72.3 Å². The van der Waals surface area contributed by atoms with E-state index in [0.717, 1.165) is 5.56 Å². The molecule has 0 bridgehead atoms. The number of methoxy groups -OCH3 is 1. The minimum absolute atomic E-state index is 0.0860. The molecule has 1 atom stereocenters. The summed E-state index contributed by atoms with van der Waals surface area (Å²) in [7, 11) is 1.54. The number of hydrogen-bond acceptors (Lipinski definition) is 11. The molecule has 6 rings (SSSR count). The van der Waals surface area contributed by atoms with Crippen LogP contribution in [0.1, 0.15) is 57.4 Å². The minimum Gasteiger partial charge on any atom is -0.493 e. The van der Waals surface area contributed by atoms with Crippen molar-refractivity contribution in [3.8, 4) is 34.5 Å². The Morgan fingerprint density at radius 1 is 1.04 bits per heavy atom. The highest BCUT2D eigenvalue weighted by atomic mass is 35.5. The Morgan fingerprint density at radius 2 is 1.84 bits per heavy atom. The number of aromatic nitrogens is 1. The summed E-state index contributed by atoms with van der Waals surface area (Å²) in [6, 6.07) is 13.6. The quantitative estimate of drug-likeness (QED) is 0.164. The molecule has 0 amide bonds. The van der Waals surface area contributed by atoms with Crippen LogP contribution >= 0.6 is 22.9 Å². The van der Waals surface area contributed by atoms with Gasteiger partial charge in [-0.05, 0) is 93.8 Å². The topological polar surface area (TPSA) is 116 Å². The lowest BCUT2D eigenvalue weighted by Crippen LogP contribution is -2.40. The SMILES string of the molecule is CCOC(=O)C1=C(C)N=c2s/c(=C\c3cc(Cl)c(OCc4ccc5c(c4)OCO5)c(OCC)c3)c(=O)n2[C@@H]1c1ccc(OC(C)C)c(OC)c1. The van der Waals surface area contributed by atoms with Gasteiger partial charge in [0.05, 0.1) is 53.3 Å². The van der Waals surface area contributed by atoms with Gasteiger partial charge < -0.3 is 33.2 Å². The molecule has 11 nitrogen and oxygen atoms in total. The number of halogens is 1. The molecule has 4 aromatic rings. The van der Waals surface area contributed by atoms with E-state index in [2.05, 4.69) is 4.99 Å². The van der Waals surface area contributed by atoms with Gasteiger partial charge in [0.25, 0.3) is 5.56 Å². The molecule has 50 heavy (non-hydrogen) atoms. The van der Waals surface area contributed by atoms with E-state index >= 15 is 0 Å². The highest BCUT2D eigenvalue weighted by molar-refractivity contribution is 7.07. The molecular formula is C37H37ClN2O9S. The first-order chi connectivity index (χ1) is 24.1. The zero-order chi connectivity index (χ0) is 35.5. The molecule has 2 aliphatic heterocycles. The fraction of sp³-hybridized carbons (Fsp3) is 0.324. The van der Waals surface area contributed by atoms with Crippen LogP contribution in [0.25, 0.3) is 6.08 Å². The van der Waals surface area contributed by atoms with Gasteiger partial charge in [0, 0.05) is 0 Å². The Bertz CT molecular complexity index is 2150. The van der Waals surface area contributed by atoms with Crippen molar-refractivity contribution in [3.05, 3.63) is 101 Å². The Morgan fingerprint density at radius 3 is 2.58 bits per heavy atom. The van der Waals surface area contributed by atoms with Crippen molar-refractivity contribution in [3.63, 3.8) is 0 Å². The second-order valence-corrected chi connectivity index (χ2v) is 13.0. The molecule has 0 N–H and O–H groups in total. The zero-order valence-electron chi connectivity index (χ0n) is 28.5. The van der Waals surface area contributed by atoms with E-state index in [-0.39, 0.29) is 37.2 Å². The number of fused-ring (bicyclic) bond motifs is 2. The van der Waals surface area contributed by atoms with Crippen molar-refractivity contribution >= 4 is 35.0 Å². The number of carbonyl (C=O) groups is 1. The predicted molar refractivity (Wildman–Crippen MR) is 189 cm³/mol. The first kappa shape index (κ1) is 34.9. The number of rotatable bonds is 12. The third kappa shape index (κ3) is 7.03. The van der Waals surface area contributed by atoms with E-state index in [9.17, 15) is 9.59 Å². The molecule has 262 valence electrons. The first-order valence-corrected chi connectivity index (χ1v) is 17.3. The number of benzene rings is 3. The third-order valence-corrected chi connectivity index (χ3v) is 9.10. The lowest BCUT2D eigenvalue weighted by Gasteiger charge is -2.25. The maximum Gasteiger partial charge on any atom is 0.338 e. The standard InChI is InChI=1S/C37H37ClN2O9S/c1-7-44-30-15-23(13-25(38)34(30)46-18-22-9-11-26-29(14-22)48-19-47-26)16-31-35(41)40-33(24-10-12-27(49-20(3)4)28(17-24)43-6)32(36(42)45-8-2)21(5)39-37(40)50-31/h9-17,20,33H,7-8,18-19H2,1-6H3/b31-16-/t33-/m1/s1. The second kappa shape index (κ2) is 14.9. The molecule has 3 aromatic carbocycles. The summed E-state index contributed by atoms with van der Waals surface area (Å²) in [5, 5.41) is 0.310.